The molecule has 1 aliphatic carbocycles. The Morgan fingerprint density at radius 2 is 2.04 bits per heavy atom. The van der Waals surface area contributed by atoms with Crippen LogP contribution in [-0.4, -0.2) is 27.9 Å². The molecule has 0 radical (unpaired) electrons. The highest BCUT2D eigenvalue weighted by atomic mass is 32.1. The van der Waals surface area contributed by atoms with E-state index in [2.05, 4.69) is 20.3 Å². The van der Waals surface area contributed by atoms with Crippen LogP contribution in [0.25, 0.3) is 12.2 Å². The molecule has 7 heteroatoms. The van der Waals surface area contributed by atoms with Crippen LogP contribution >= 0.6 is 11.3 Å². The zero-order valence-corrected chi connectivity index (χ0v) is 14.4. The molecule has 1 aliphatic rings. The second-order valence-electron chi connectivity index (χ2n) is 5.86. The van der Waals surface area contributed by atoms with Gasteiger partial charge in [-0.1, -0.05) is 19.3 Å². The van der Waals surface area contributed by atoms with Gasteiger partial charge in [-0.15, -0.1) is 11.3 Å². The van der Waals surface area contributed by atoms with Gasteiger partial charge in [0, 0.05) is 30.2 Å². The Balaban J connectivity index is 1.72. The molecule has 126 valence electrons. The quantitative estimate of drug-likeness (QED) is 0.893. The second-order valence-corrected chi connectivity index (χ2v) is 6.95. The Kier molecular flexibility index (Phi) is 5.20. The minimum Gasteiger partial charge on any atom is -0.355 e. The molecule has 1 saturated carbocycles. The number of hydrogen-bond acceptors (Lipinski definition) is 5. The lowest BCUT2D eigenvalue weighted by Crippen LogP contribution is -2.27. The van der Waals surface area contributed by atoms with Crippen molar-refractivity contribution >= 4 is 29.4 Å². The molecule has 0 bridgehead atoms. The van der Waals surface area contributed by atoms with E-state index >= 15 is 0 Å². The maximum absolute atomic E-state index is 11.9. The summed E-state index contributed by atoms with van der Waals surface area (Å²) in [6.45, 7) is 0. The summed E-state index contributed by atoms with van der Waals surface area (Å²) in [6, 6.07) is 0. The fourth-order valence-electron chi connectivity index (χ4n) is 2.87. The van der Waals surface area contributed by atoms with Crippen LogP contribution in [-0.2, 0) is 0 Å². The monoisotopic (exact) mass is 344 g/mol. The number of H-pyrrole nitrogens is 1. The predicted octanol–water partition coefficient (Wildman–Crippen LogP) is 2.80. The van der Waals surface area contributed by atoms with Crippen molar-refractivity contribution in [3.8, 4) is 0 Å². The van der Waals surface area contributed by atoms with Crippen molar-refractivity contribution in [1.29, 1.82) is 0 Å². The van der Waals surface area contributed by atoms with Crippen molar-refractivity contribution in [2.45, 2.75) is 38.0 Å². The van der Waals surface area contributed by atoms with Gasteiger partial charge < -0.3 is 10.3 Å². The fraction of sp³-hybridized carbons (Fsp3) is 0.412. The van der Waals surface area contributed by atoms with Gasteiger partial charge in [0.05, 0.1) is 5.01 Å². The highest BCUT2D eigenvalue weighted by Gasteiger charge is 2.18. The lowest BCUT2D eigenvalue weighted by molar-refractivity contribution is 0.0961. The molecule has 2 aromatic rings. The summed E-state index contributed by atoms with van der Waals surface area (Å²) in [5.74, 6) is 0.565. The van der Waals surface area contributed by atoms with Gasteiger partial charge in [-0.3, -0.25) is 9.59 Å². The van der Waals surface area contributed by atoms with Crippen molar-refractivity contribution in [2.75, 3.05) is 7.05 Å². The summed E-state index contributed by atoms with van der Waals surface area (Å²) in [4.78, 5) is 35.6. The highest BCUT2D eigenvalue weighted by Crippen LogP contribution is 2.34. The van der Waals surface area contributed by atoms with Crippen molar-refractivity contribution in [3.63, 3.8) is 0 Å². The topological polar surface area (TPSA) is 87.7 Å². The van der Waals surface area contributed by atoms with Crippen LogP contribution in [0.15, 0.2) is 17.2 Å². The third kappa shape index (κ3) is 3.79. The van der Waals surface area contributed by atoms with Crippen molar-refractivity contribution in [2.24, 2.45) is 0 Å². The van der Waals surface area contributed by atoms with Crippen molar-refractivity contribution in [3.05, 3.63) is 44.0 Å². The van der Waals surface area contributed by atoms with Crippen LogP contribution in [0.5, 0.6) is 0 Å². The number of amides is 1. The Morgan fingerprint density at radius 1 is 1.25 bits per heavy atom. The van der Waals surface area contributed by atoms with Crippen molar-refractivity contribution in [1.82, 2.24) is 20.3 Å². The molecule has 0 spiro atoms. The SMILES string of the molecule is CNC(=O)c1cnc(C=Cc2cnc(C3CCCCC3)s2)[nH]c1=O. The van der Waals surface area contributed by atoms with E-state index in [9.17, 15) is 9.59 Å². The minimum atomic E-state index is -0.448. The third-order valence-corrected chi connectivity index (χ3v) is 5.32. The molecule has 0 unspecified atom stereocenters. The van der Waals surface area contributed by atoms with Crippen LogP contribution in [0, 0.1) is 0 Å². The van der Waals surface area contributed by atoms with Crippen molar-refractivity contribution < 1.29 is 4.79 Å². The van der Waals surface area contributed by atoms with Crippen LogP contribution in [0.1, 0.15) is 64.1 Å². The van der Waals surface area contributed by atoms with E-state index in [1.807, 2.05) is 12.3 Å². The zero-order chi connectivity index (χ0) is 16.9. The number of aromatic amines is 1. The van der Waals surface area contributed by atoms with E-state index < -0.39 is 11.5 Å². The largest absolute Gasteiger partial charge is 0.355 e. The molecule has 1 amide bonds. The number of nitrogens with zero attached hydrogens (tertiary/aromatic N) is 2. The molecular formula is C17H20N4O2S. The second kappa shape index (κ2) is 7.53. The molecule has 1 fully saturated rings. The van der Waals surface area contributed by atoms with Gasteiger partial charge >= 0.3 is 0 Å². The summed E-state index contributed by atoms with van der Waals surface area (Å²) in [5.41, 5.74) is -0.441. The maximum atomic E-state index is 11.9. The Morgan fingerprint density at radius 3 is 2.75 bits per heavy atom. The minimum absolute atomic E-state index is 0.00650. The molecule has 0 saturated heterocycles. The maximum Gasteiger partial charge on any atom is 0.263 e. The van der Waals surface area contributed by atoms with E-state index in [0.29, 0.717) is 11.7 Å². The smallest absolute Gasteiger partial charge is 0.263 e. The molecule has 2 N–H and O–H groups in total. The molecule has 24 heavy (non-hydrogen) atoms. The number of nitrogens with one attached hydrogen (secondary N) is 2. The highest BCUT2D eigenvalue weighted by molar-refractivity contribution is 7.12. The van der Waals surface area contributed by atoms with Gasteiger partial charge in [0.15, 0.2) is 0 Å². The van der Waals surface area contributed by atoms with Crippen LogP contribution in [0.4, 0.5) is 0 Å². The Hall–Kier alpha value is -2.28. The molecule has 6 nitrogen and oxygen atoms in total. The van der Waals surface area contributed by atoms with Gasteiger partial charge in [-0.2, -0.15) is 0 Å². The summed E-state index contributed by atoms with van der Waals surface area (Å²) < 4.78 is 0. The van der Waals surface area contributed by atoms with Gasteiger partial charge in [-0.05, 0) is 25.0 Å². The first-order valence-electron chi connectivity index (χ1n) is 8.12. The van der Waals surface area contributed by atoms with E-state index in [0.717, 1.165) is 4.88 Å². The van der Waals surface area contributed by atoms with E-state index in [4.69, 9.17) is 0 Å². The van der Waals surface area contributed by atoms with Crippen LogP contribution in [0.2, 0.25) is 0 Å². The molecular weight excluding hydrogens is 324 g/mol. The van der Waals surface area contributed by atoms with Crippen LogP contribution < -0.4 is 10.9 Å². The molecule has 0 aromatic carbocycles. The fourth-order valence-corrected chi connectivity index (χ4v) is 3.86. The Labute approximate surface area is 144 Å². The summed E-state index contributed by atoms with van der Waals surface area (Å²) in [6.07, 6.45) is 13.1. The lowest BCUT2D eigenvalue weighted by Gasteiger charge is -2.18. The van der Waals surface area contributed by atoms with Gasteiger partial charge in [-0.25, -0.2) is 9.97 Å². The number of carbonyl (C=O) groups excluding carboxylic acids is 1. The number of hydrogen-bond donors (Lipinski definition) is 2. The number of rotatable bonds is 4. The first-order chi connectivity index (χ1) is 11.7. The standard InChI is InChI=1S/C17H20N4O2S/c1-18-15(22)13-10-19-14(21-16(13)23)8-7-12-9-20-17(24-12)11-5-3-2-4-6-11/h7-11H,2-6H2,1H3,(H,18,22)(H,19,21,23). The zero-order valence-electron chi connectivity index (χ0n) is 13.5. The first kappa shape index (κ1) is 16.6. The van der Waals surface area contributed by atoms with E-state index in [1.54, 1.807) is 17.4 Å². The number of thiazole rings is 1. The van der Waals surface area contributed by atoms with E-state index in [-0.39, 0.29) is 5.56 Å². The molecule has 0 atom stereocenters. The van der Waals surface area contributed by atoms with Gasteiger partial charge in [0.25, 0.3) is 11.5 Å². The first-order valence-corrected chi connectivity index (χ1v) is 8.94. The average Bonchev–Trinajstić information content (AvgIpc) is 3.09. The average molecular weight is 344 g/mol. The van der Waals surface area contributed by atoms with Gasteiger partial charge in [0.1, 0.15) is 11.4 Å². The summed E-state index contributed by atoms with van der Waals surface area (Å²) in [7, 11) is 1.48. The molecule has 2 aromatic heterocycles. The molecule has 0 aliphatic heterocycles. The Bertz CT molecular complexity index is 803. The molecule has 3 rings (SSSR count). The normalized spacial score (nSPS) is 15.7. The van der Waals surface area contributed by atoms with Crippen LogP contribution in [0.3, 0.4) is 0 Å². The summed E-state index contributed by atoms with van der Waals surface area (Å²) in [5, 5.41) is 3.61. The third-order valence-electron chi connectivity index (χ3n) is 4.19. The molecule has 2 heterocycles. The predicted molar refractivity (Wildman–Crippen MR) is 95.1 cm³/mol. The number of carbonyl (C=O) groups is 1. The lowest BCUT2D eigenvalue weighted by atomic mass is 9.90. The van der Waals surface area contributed by atoms with E-state index in [1.165, 1.54) is 50.4 Å². The number of aromatic nitrogens is 3. The summed E-state index contributed by atoms with van der Waals surface area (Å²) >= 11 is 1.69. The van der Waals surface area contributed by atoms with Gasteiger partial charge in [0.2, 0.25) is 0 Å².